The van der Waals surface area contributed by atoms with Crippen LogP contribution in [-0.2, 0) is 9.09 Å². The summed E-state index contributed by atoms with van der Waals surface area (Å²) in [5, 5.41) is 13.7. The summed E-state index contributed by atoms with van der Waals surface area (Å²) in [6.07, 6.45) is 0. The first-order chi connectivity index (χ1) is 15.0. The van der Waals surface area contributed by atoms with E-state index in [1.807, 2.05) is 53.1 Å². The second kappa shape index (κ2) is 15.7. The monoisotopic (exact) mass is 454 g/mol. The highest BCUT2D eigenvalue weighted by molar-refractivity contribution is 7.55. The Morgan fingerprint density at radius 2 is 1.58 bits per heavy atom. The molecule has 0 bridgehead atoms. The molecule has 0 aliphatic carbocycles. The van der Waals surface area contributed by atoms with Gasteiger partial charge in [-0.25, -0.2) is 4.67 Å². The number of carbonyl (C=O) groups excluding carboxylic acids is 1. The Kier molecular flexibility index (Phi) is 14.6. The number of nitrogens with zero attached hydrogens (tertiary/aromatic N) is 5. The van der Waals surface area contributed by atoms with Crippen LogP contribution < -0.4 is 0 Å². The second-order valence-electron chi connectivity index (χ2n) is 5.78. The van der Waals surface area contributed by atoms with Crippen molar-refractivity contribution in [1.82, 2.24) is 30.2 Å². The molecule has 31 heavy (non-hydrogen) atoms. The number of piperazine rings is 1. The molecule has 1 fully saturated rings. The molecule has 3 rings (SSSR count). The molecule has 1 amide bonds. The van der Waals surface area contributed by atoms with Gasteiger partial charge in [0.05, 0.1) is 6.61 Å². The molecule has 176 valence electrons. The predicted molar refractivity (Wildman–Crippen MR) is 126 cm³/mol. The first-order valence-corrected chi connectivity index (χ1v) is 13.1. The predicted octanol–water partition coefficient (Wildman–Crippen LogP) is 4.56. The Morgan fingerprint density at radius 3 is 2.03 bits per heavy atom. The van der Waals surface area contributed by atoms with Gasteiger partial charge in [0, 0.05) is 44.0 Å². The van der Waals surface area contributed by atoms with Crippen LogP contribution in [0, 0.1) is 0 Å². The van der Waals surface area contributed by atoms with E-state index >= 15 is 0 Å². The van der Waals surface area contributed by atoms with Crippen molar-refractivity contribution >= 4 is 13.4 Å². The van der Waals surface area contributed by atoms with Crippen molar-refractivity contribution in [3.8, 4) is 11.4 Å². The van der Waals surface area contributed by atoms with Gasteiger partial charge in [0.15, 0.2) is 0 Å². The number of aromatic amines is 1. The van der Waals surface area contributed by atoms with Crippen LogP contribution in [0.2, 0.25) is 0 Å². The lowest BCUT2D eigenvalue weighted by Crippen LogP contribution is -2.47. The van der Waals surface area contributed by atoms with E-state index in [-0.39, 0.29) is 5.91 Å². The zero-order valence-corrected chi connectivity index (χ0v) is 21.1. The van der Waals surface area contributed by atoms with Gasteiger partial charge in [-0.2, -0.15) is 5.21 Å². The third-order valence-corrected chi connectivity index (χ3v) is 6.33. The van der Waals surface area contributed by atoms with Crippen LogP contribution in [-0.4, -0.2) is 75.6 Å². The number of carbonyl (C=O) groups is 1. The smallest absolute Gasteiger partial charge is 0.269 e. The number of amides is 1. The maximum absolute atomic E-state index is 12.6. The molecule has 2 heterocycles. The van der Waals surface area contributed by atoms with Gasteiger partial charge >= 0.3 is 0 Å². The average molecular weight is 455 g/mol. The lowest BCUT2D eigenvalue weighted by Gasteiger charge is -2.37. The highest BCUT2D eigenvalue weighted by atomic mass is 31.2. The fourth-order valence-electron chi connectivity index (χ4n) is 2.81. The van der Waals surface area contributed by atoms with E-state index in [1.54, 1.807) is 35.8 Å². The van der Waals surface area contributed by atoms with E-state index in [9.17, 15) is 9.36 Å². The molecule has 2 aromatic rings. The third-order valence-electron chi connectivity index (χ3n) is 4.16. The van der Waals surface area contributed by atoms with Gasteiger partial charge in [-0.1, -0.05) is 53.7 Å². The number of nitrogens with one attached hydrogen (secondary N) is 1. The summed E-state index contributed by atoms with van der Waals surface area (Å²) in [6.45, 7) is 18.0. The highest BCUT2D eigenvalue weighted by Crippen LogP contribution is 2.47. The fourth-order valence-corrected chi connectivity index (χ4v) is 4.36. The van der Waals surface area contributed by atoms with Gasteiger partial charge in [-0.15, -0.1) is 10.2 Å². The Morgan fingerprint density at radius 1 is 1.03 bits per heavy atom. The van der Waals surface area contributed by atoms with Gasteiger partial charge in [0.1, 0.15) is 0 Å². The molecule has 10 heteroatoms. The van der Waals surface area contributed by atoms with E-state index in [2.05, 4.69) is 20.6 Å². The fraction of sp³-hybridized carbons (Fsp3) is 0.619. The summed E-state index contributed by atoms with van der Waals surface area (Å²) in [7, 11) is -2.76. The maximum Gasteiger partial charge on any atom is 0.269 e. The quantitative estimate of drug-likeness (QED) is 0.660. The van der Waals surface area contributed by atoms with Crippen LogP contribution in [0.5, 0.6) is 0 Å². The Balaban J connectivity index is 0.00000138. The average Bonchev–Trinajstić information content (AvgIpc) is 3.38. The molecule has 1 aromatic carbocycles. The highest BCUT2D eigenvalue weighted by Gasteiger charge is 2.31. The molecule has 1 aliphatic heterocycles. The van der Waals surface area contributed by atoms with Crippen LogP contribution in [0.4, 0.5) is 0 Å². The van der Waals surface area contributed by atoms with Crippen molar-refractivity contribution in [2.45, 2.75) is 48.5 Å². The number of aromatic nitrogens is 4. The largest absolute Gasteiger partial charge is 0.336 e. The van der Waals surface area contributed by atoms with E-state index in [4.69, 9.17) is 4.52 Å². The van der Waals surface area contributed by atoms with E-state index in [0.29, 0.717) is 44.2 Å². The number of hydrogen-bond acceptors (Lipinski definition) is 6. The van der Waals surface area contributed by atoms with Crippen molar-refractivity contribution < 1.29 is 13.9 Å². The summed E-state index contributed by atoms with van der Waals surface area (Å²) in [4.78, 5) is 14.4. The van der Waals surface area contributed by atoms with Crippen molar-refractivity contribution in [2.75, 3.05) is 39.5 Å². The molecule has 0 saturated carbocycles. The number of hydrogen-bond donors (Lipinski definition) is 1. The minimum Gasteiger partial charge on any atom is -0.336 e. The molecule has 1 atom stereocenters. The molecule has 9 nitrogen and oxygen atoms in total. The number of benzene rings is 1. The van der Waals surface area contributed by atoms with Gasteiger partial charge in [-0.05, 0) is 24.3 Å². The summed E-state index contributed by atoms with van der Waals surface area (Å²) >= 11 is 0. The lowest BCUT2D eigenvalue weighted by molar-refractivity contribution is 0.0687. The SMILES string of the molecule is CC.CC.CC.CCOP(C)(=O)N1CCN(C(=O)c2ccc(-c3nn[nH]n3)cc2)CC1. The van der Waals surface area contributed by atoms with Crippen molar-refractivity contribution in [2.24, 2.45) is 0 Å². The minimum absolute atomic E-state index is 0.0401. The number of rotatable bonds is 5. The van der Waals surface area contributed by atoms with Gasteiger partial charge < -0.3 is 9.42 Å². The topological polar surface area (TPSA) is 104 Å². The van der Waals surface area contributed by atoms with Crippen molar-refractivity contribution in [3.63, 3.8) is 0 Å². The number of tetrazole rings is 1. The summed E-state index contributed by atoms with van der Waals surface area (Å²) in [6, 6.07) is 7.10. The van der Waals surface area contributed by atoms with E-state index in [0.717, 1.165) is 5.56 Å². The molecule has 1 aromatic heterocycles. The van der Waals surface area contributed by atoms with Crippen LogP contribution in [0.25, 0.3) is 11.4 Å². The first kappa shape index (κ1) is 28.9. The normalized spacial score (nSPS) is 15.2. The second-order valence-corrected chi connectivity index (χ2v) is 8.21. The zero-order valence-electron chi connectivity index (χ0n) is 20.3. The molecule has 1 N–H and O–H groups in total. The van der Waals surface area contributed by atoms with Crippen LogP contribution in [0.1, 0.15) is 58.8 Å². The van der Waals surface area contributed by atoms with E-state index in [1.165, 1.54) is 0 Å². The Bertz CT molecular complexity index is 760. The van der Waals surface area contributed by atoms with Gasteiger partial charge in [-0.3, -0.25) is 9.36 Å². The van der Waals surface area contributed by atoms with Gasteiger partial charge in [0.25, 0.3) is 13.4 Å². The van der Waals surface area contributed by atoms with Crippen LogP contribution in [0.3, 0.4) is 0 Å². The molecule has 0 spiro atoms. The molecular formula is C21H39N6O3P. The minimum atomic E-state index is -2.76. The first-order valence-electron chi connectivity index (χ1n) is 11.1. The van der Waals surface area contributed by atoms with Crippen molar-refractivity contribution in [1.29, 1.82) is 0 Å². The molecule has 1 unspecified atom stereocenters. The summed E-state index contributed by atoms with van der Waals surface area (Å²) in [5.74, 6) is 0.448. The molecule has 1 saturated heterocycles. The summed E-state index contributed by atoms with van der Waals surface area (Å²) in [5.41, 5.74) is 1.39. The Hall–Kier alpha value is -2.09. The van der Waals surface area contributed by atoms with Crippen molar-refractivity contribution in [3.05, 3.63) is 29.8 Å². The molecule has 1 aliphatic rings. The lowest BCUT2D eigenvalue weighted by atomic mass is 10.1. The third kappa shape index (κ3) is 8.51. The number of H-pyrrole nitrogens is 1. The van der Waals surface area contributed by atoms with Crippen LogP contribution in [0.15, 0.2) is 24.3 Å². The Labute approximate surface area is 187 Å². The zero-order chi connectivity index (χ0) is 23.9. The molecular weight excluding hydrogens is 415 g/mol. The molecule has 0 radical (unpaired) electrons. The summed E-state index contributed by atoms with van der Waals surface area (Å²) < 4.78 is 19.6. The standard InChI is InChI=1S/C15H21N6O3P.3C2H6/c1-3-24-25(2,23)21-10-8-20(9-11-21)15(22)13-6-4-12(5-7-13)14-16-18-19-17-14;3*1-2/h4-7H,3,8-11H2,1-2H3,(H,16,17,18,19);3*1-2H3. The van der Waals surface area contributed by atoms with Gasteiger partial charge in [0.2, 0.25) is 5.82 Å². The maximum atomic E-state index is 12.6. The van der Waals surface area contributed by atoms with E-state index < -0.39 is 7.52 Å². The van der Waals surface area contributed by atoms with Crippen LogP contribution >= 0.6 is 7.52 Å².